The molecule has 3 N–H and O–H groups in total. The van der Waals surface area contributed by atoms with Crippen molar-refractivity contribution in [2.24, 2.45) is 0 Å². The van der Waals surface area contributed by atoms with Gasteiger partial charge in [0.25, 0.3) is 0 Å². The number of benzene rings is 2. The molecule has 0 saturated carbocycles. The molecule has 0 amide bonds. The van der Waals surface area contributed by atoms with Crippen molar-refractivity contribution < 1.29 is 75.8 Å². The van der Waals surface area contributed by atoms with Crippen LogP contribution < -0.4 is 9.47 Å². The van der Waals surface area contributed by atoms with E-state index in [4.69, 9.17) is 46.9 Å². The van der Waals surface area contributed by atoms with Gasteiger partial charge in [-0.05, 0) is 107 Å². The van der Waals surface area contributed by atoms with Gasteiger partial charge in [0.1, 0.15) is 58.8 Å². The molecule has 2 aliphatic rings. The molecule has 2 aliphatic heterocycles. The number of hydrogen-bond donors (Lipinski definition) is 3. The van der Waals surface area contributed by atoms with Gasteiger partial charge in [-0.1, -0.05) is 39.2 Å². The van der Waals surface area contributed by atoms with Crippen LogP contribution in [-0.4, -0.2) is 90.5 Å². The lowest BCUT2D eigenvalue weighted by molar-refractivity contribution is 0.0523. The Morgan fingerprint density at radius 3 is 1.38 bits per heavy atom. The fourth-order valence-electron chi connectivity index (χ4n) is 6.50. The molecule has 63 heavy (non-hydrogen) atoms. The number of rotatable bonds is 20. The second kappa shape index (κ2) is 25.5. The number of hydrogen-bond acceptors (Lipinski definition) is 16. The number of cyclic esters (lactones) is 2. The second-order valence-electron chi connectivity index (χ2n) is 15.9. The van der Waals surface area contributed by atoms with E-state index < -0.39 is 27.1 Å². The summed E-state index contributed by atoms with van der Waals surface area (Å²) in [5.41, 5.74) is 6.02. The molecule has 356 valence electrons. The molecule has 16 nitrogen and oxygen atoms in total. The predicted molar refractivity (Wildman–Crippen MR) is 244 cm³/mol. The monoisotopic (exact) mass is 992 g/mol. The molecular weight excluding hydrogens is 926 g/mol. The Morgan fingerprint density at radius 1 is 0.683 bits per heavy atom. The quantitative estimate of drug-likeness (QED) is 0.0487. The SMILES string of the molecule is CC(C)OP(=O)(CBr)OC(C)C.COc1c(C)c2c(c(O)c1C/C=C(\C)CO)C(=O)OC2.COc1c(C)c2c(c(O)c1C/C=C(\C)COCP(=O)(OC(C)C)OC(C)C)C(=O)OC2. The molecule has 4 rings (SSSR count). The second-order valence-corrected chi connectivity index (χ2v) is 21.2. The maximum Gasteiger partial charge on any atom is 0.356 e. The summed E-state index contributed by atoms with van der Waals surface area (Å²) in [6.07, 6.45) is 3.54. The highest BCUT2D eigenvalue weighted by atomic mass is 79.9. The van der Waals surface area contributed by atoms with Crippen molar-refractivity contribution in [1.29, 1.82) is 0 Å². The first-order valence-electron chi connectivity index (χ1n) is 20.5. The van der Waals surface area contributed by atoms with E-state index in [1.807, 2.05) is 54.5 Å². The lowest BCUT2D eigenvalue weighted by Gasteiger charge is -2.22. The van der Waals surface area contributed by atoms with E-state index >= 15 is 0 Å². The fourth-order valence-corrected chi connectivity index (χ4v) is 10.4. The Hall–Kier alpha value is -3.24. The maximum absolute atomic E-state index is 12.8. The van der Waals surface area contributed by atoms with Gasteiger partial charge in [-0.15, -0.1) is 0 Å². The third-order valence-electron chi connectivity index (χ3n) is 9.07. The topological polar surface area (TPSA) is 212 Å². The van der Waals surface area contributed by atoms with Gasteiger partial charge in [-0.2, -0.15) is 0 Å². The van der Waals surface area contributed by atoms with E-state index in [9.17, 15) is 28.9 Å². The highest BCUT2D eigenvalue weighted by molar-refractivity contribution is 9.10. The molecule has 19 heteroatoms. The number of methoxy groups -OCH3 is 2. The minimum absolute atomic E-state index is 0.0466. The molecule has 2 heterocycles. The van der Waals surface area contributed by atoms with Crippen LogP contribution in [0.3, 0.4) is 0 Å². The van der Waals surface area contributed by atoms with Crippen LogP contribution in [-0.2, 0) is 67.5 Å². The van der Waals surface area contributed by atoms with Crippen LogP contribution in [0, 0.1) is 13.8 Å². The minimum atomic E-state index is -3.37. The first-order valence-corrected chi connectivity index (χ1v) is 25.1. The number of allylic oxidation sites excluding steroid dienone is 2. The van der Waals surface area contributed by atoms with Gasteiger partial charge in [0, 0.05) is 22.3 Å². The molecule has 0 saturated heterocycles. The van der Waals surface area contributed by atoms with Crippen molar-refractivity contribution in [2.75, 3.05) is 38.9 Å². The standard InChI is InChI=1S/C22H33O8P.C15H18O5.C7H16BrO3P/c1-13(2)29-31(25,30-14(3)4)12-27-10-15(5)8-9-17-20(23)19-18(11-28-22(19)24)16(6)21(17)26-7;1-8(6-16)4-5-10-13(17)12-11(7-20-15(12)18)9(2)14(10)19-3;1-6(2)10-12(9,5-8)11-7(3)4/h8,13-14,23H,9-12H2,1-7H3;4,16-17H,5-7H2,1-3H3;6-7H,5H2,1-4H3/b15-8+;8-4+;. The minimum Gasteiger partial charge on any atom is -0.507 e. The Bertz CT molecular complexity index is 2030. The van der Waals surface area contributed by atoms with Gasteiger partial charge < -0.3 is 57.1 Å². The largest absolute Gasteiger partial charge is 0.507 e. The number of aliphatic hydroxyl groups excluding tert-OH is 1. The van der Waals surface area contributed by atoms with Crippen LogP contribution in [0.4, 0.5) is 0 Å². The molecule has 0 fully saturated rings. The molecule has 0 aromatic heterocycles. The smallest absolute Gasteiger partial charge is 0.356 e. The maximum atomic E-state index is 12.8. The van der Waals surface area contributed by atoms with Crippen LogP contribution in [0.2, 0.25) is 0 Å². The number of aliphatic hydroxyl groups is 1. The van der Waals surface area contributed by atoms with Gasteiger partial charge in [0.05, 0.1) is 51.8 Å². The Morgan fingerprint density at radius 2 is 1.05 bits per heavy atom. The zero-order valence-corrected chi connectivity index (χ0v) is 42.4. The number of carbonyl (C=O) groups excluding carboxylic acids is 2. The summed E-state index contributed by atoms with van der Waals surface area (Å²) in [6, 6.07) is 0. The van der Waals surface area contributed by atoms with Crippen LogP contribution in [0.25, 0.3) is 0 Å². The van der Waals surface area contributed by atoms with Gasteiger partial charge in [-0.25, -0.2) is 9.59 Å². The van der Waals surface area contributed by atoms with Crippen LogP contribution in [0.1, 0.15) is 123 Å². The van der Waals surface area contributed by atoms with Gasteiger partial charge in [-0.3, -0.25) is 9.13 Å². The lowest BCUT2D eigenvalue weighted by Crippen LogP contribution is -2.12. The number of esters is 2. The van der Waals surface area contributed by atoms with E-state index in [-0.39, 0.29) is 84.9 Å². The Balaban J connectivity index is 0.000000364. The summed E-state index contributed by atoms with van der Waals surface area (Å²) in [6.45, 7) is 22.3. The molecule has 2 aromatic rings. The van der Waals surface area contributed by atoms with Crippen molar-refractivity contribution in [3.05, 3.63) is 67.8 Å². The van der Waals surface area contributed by atoms with Gasteiger partial charge in [0.2, 0.25) is 0 Å². The summed E-state index contributed by atoms with van der Waals surface area (Å²) < 4.78 is 72.3. The van der Waals surface area contributed by atoms with Crippen LogP contribution in [0.5, 0.6) is 23.0 Å². The highest BCUT2D eigenvalue weighted by Gasteiger charge is 2.34. The number of phenols is 2. The van der Waals surface area contributed by atoms with Crippen molar-refractivity contribution in [3.63, 3.8) is 0 Å². The normalized spacial score (nSPS) is 14.0. The number of aromatic hydroxyl groups is 2. The third kappa shape index (κ3) is 16.0. The van der Waals surface area contributed by atoms with Gasteiger partial charge in [0.15, 0.2) is 0 Å². The Kier molecular flexibility index (Phi) is 22.6. The average Bonchev–Trinajstić information content (AvgIpc) is 3.78. The zero-order chi connectivity index (χ0) is 48.0. The number of phenolic OH excluding ortho intramolecular Hbond substituents is 2. The number of fused-ring (bicyclic) bond motifs is 2. The zero-order valence-electron chi connectivity index (χ0n) is 39.0. The fraction of sp³-hybridized carbons (Fsp3) is 0.591. The summed E-state index contributed by atoms with van der Waals surface area (Å²) in [5.74, 6) is -0.166. The van der Waals surface area contributed by atoms with Crippen molar-refractivity contribution in [2.45, 2.75) is 134 Å². The highest BCUT2D eigenvalue weighted by Crippen LogP contribution is 2.52. The molecule has 0 radical (unpaired) electrons. The first-order chi connectivity index (χ1) is 29.4. The van der Waals surface area contributed by atoms with E-state index in [2.05, 4.69) is 15.9 Å². The van der Waals surface area contributed by atoms with Crippen LogP contribution >= 0.6 is 31.1 Å². The van der Waals surface area contributed by atoms with E-state index in [0.29, 0.717) is 46.6 Å². The molecule has 0 spiro atoms. The molecule has 0 atom stereocenters. The molecule has 0 unspecified atom stereocenters. The van der Waals surface area contributed by atoms with Crippen molar-refractivity contribution in [1.82, 2.24) is 0 Å². The number of ether oxygens (including phenoxy) is 5. The third-order valence-corrected chi connectivity index (χ3v) is 14.7. The summed E-state index contributed by atoms with van der Waals surface area (Å²) in [7, 11) is -3.22. The molecule has 0 bridgehead atoms. The summed E-state index contributed by atoms with van der Waals surface area (Å²) in [5, 5.41) is 30.3. The molecular formula is C44H67BrO16P2. The number of carbonyl (C=O) groups is 2. The van der Waals surface area contributed by atoms with Gasteiger partial charge >= 0.3 is 27.1 Å². The van der Waals surface area contributed by atoms with Crippen molar-refractivity contribution >= 4 is 43.1 Å². The molecule has 2 aromatic carbocycles. The van der Waals surface area contributed by atoms with E-state index in [1.165, 1.54) is 14.2 Å². The summed E-state index contributed by atoms with van der Waals surface area (Å²) >= 11 is 3.12. The van der Waals surface area contributed by atoms with Crippen molar-refractivity contribution in [3.8, 4) is 23.0 Å². The predicted octanol–water partition coefficient (Wildman–Crippen LogP) is 10.1. The average molecular weight is 994 g/mol. The summed E-state index contributed by atoms with van der Waals surface area (Å²) in [4.78, 5) is 23.7. The number of halogens is 1. The van der Waals surface area contributed by atoms with E-state index in [0.717, 1.165) is 22.3 Å². The Labute approximate surface area is 380 Å². The van der Waals surface area contributed by atoms with Crippen LogP contribution in [0.15, 0.2) is 23.3 Å². The number of alkyl halides is 1. The molecule has 0 aliphatic carbocycles. The lowest BCUT2D eigenvalue weighted by atomic mass is 9.95. The first kappa shape index (κ1) is 55.9. The van der Waals surface area contributed by atoms with E-state index in [1.54, 1.807) is 40.7 Å².